The Morgan fingerprint density at radius 1 is 1.38 bits per heavy atom. The summed E-state index contributed by atoms with van der Waals surface area (Å²) in [4.78, 5) is 12.5. The van der Waals surface area contributed by atoms with E-state index < -0.39 is 6.09 Å². The number of hydrogen-bond donors (Lipinski definition) is 1. The van der Waals surface area contributed by atoms with Gasteiger partial charge in [-0.2, -0.15) is 5.10 Å². The summed E-state index contributed by atoms with van der Waals surface area (Å²) in [7, 11) is 1.64. The third-order valence-electron chi connectivity index (χ3n) is 3.57. The van der Waals surface area contributed by atoms with Crippen molar-refractivity contribution in [1.29, 1.82) is 0 Å². The van der Waals surface area contributed by atoms with Crippen LogP contribution in [-0.2, 0) is 19.6 Å². The SMILES string of the molecule is COc1ccc(Cn2nc(I)c3c2CN(C(=O)O)C3)cc1. The summed E-state index contributed by atoms with van der Waals surface area (Å²) in [6, 6.07) is 7.80. The van der Waals surface area contributed by atoms with Crippen LogP contribution in [0.1, 0.15) is 16.8 Å². The van der Waals surface area contributed by atoms with Crippen molar-refractivity contribution in [3.05, 3.63) is 44.8 Å². The number of ether oxygens (including phenoxy) is 1. The molecule has 1 aromatic carbocycles. The van der Waals surface area contributed by atoms with Crippen LogP contribution in [0, 0.1) is 3.70 Å². The summed E-state index contributed by atoms with van der Waals surface area (Å²) in [5.74, 6) is 0.816. The van der Waals surface area contributed by atoms with Crippen LogP contribution in [0.4, 0.5) is 4.79 Å². The predicted molar refractivity (Wildman–Crippen MR) is 84.3 cm³/mol. The summed E-state index contributed by atoms with van der Waals surface area (Å²) in [5.41, 5.74) is 3.11. The molecule has 0 saturated carbocycles. The first-order valence-corrected chi connectivity index (χ1v) is 7.51. The van der Waals surface area contributed by atoms with Crippen molar-refractivity contribution in [2.45, 2.75) is 19.6 Å². The van der Waals surface area contributed by atoms with Crippen LogP contribution in [0.3, 0.4) is 0 Å². The van der Waals surface area contributed by atoms with Gasteiger partial charge in [0.05, 0.1) is 32.4 Å². The Morgan fingerprint density at radius 2 is 2.10 bits per heavy atom. The minimum absolute atomic E-state index is 0.400. The number of amides is 1. The van der Waals surface area contributed by atoms with Crippen molar-refractivity contribution in [2.75, 3.05) is 7.11 Å². The maximum atomic E-state index is 11.1. The summed E-state index contributed by atoms with van der Waals surface area (Å²) >= 11 is 2.16. The van der Waals surface area contributed by atoms with Gasteiger partial charge < -0.3 is 9.84 Å². The molecule has 0 saturated heterocycles. The highest BCUT2D eigenvalue weighted by Crippen LogP contribution is 2.27. The van der Waals surface area contributed by atoms with Gasteiger partial charge in [-0.3, -0.25) is 9.58 Å². The lowest BCUT2D eigenvalue weighted by Crippen LogP contribution is -2.24. The van der Waals surface area contributed by atoms with Crippen molar-refractivity contribution in [3.8, 4) is 5.75 Å². The van der Waals surface area contributed by atoms with E-state index in [0.29, 0.717) is 19.6 Å². The molecular weight excluding hydrogens is 385 g/mol. The molecule has 0 spiro atoms. The van der Waals surface area contributed by atoms with Gasteiger partial charge in [-0.15, -0.1) is 0 Å². The number of hydrogen-bond acceptors (Lipinski definition) is 3. The molecule has 0 bridgehead atoms. The molecule has 7 heteroatoms. The maximum Gasteiger partial charge on any atom is 0.407 e. The lowest BCUT2D eigenvalue weighted by Gasteiger charge is -2.12. The number of rotatable bonds is 3. The molecule has 1 aliphatic rings. The van der Waals surface area contributed by atoms with Crippen LogP contribution in [0.2, 0.25) is 0 Å². The van der Waals surface area contributed by atoms with E-state index in [1.54, 1.807) is 7.11 Å². The van der Waals surface area contributed by atoms with Crippen LogP contribution in [0.25, 0.3) is 0 Å². The quantitative estimate of drug-likeness (QED) is 0.806. The van der Waals surface area contributed by atoms with Crippen LogP contribution >= 0.6 is 22.6 Å². The van der Waals surface area contributed by atoms with Gasteiger partial charge in [-0.05, 0) is 40.3 Å². The Hall–Kier alpha value is -1.77. The number of methoxy groups -OCH3 is 1. The highest BCUT2D eigenvalue weighted by Gasteiger charge is 2.29. The smallest absolute Gasteiger partial charge is 0.407 e. The summed E-state index contributed by atoms with van der Waals surface area (Å²) in [6.07, 6.45) is -0.891. The fourth-order valence-corrected chi connectivity index (χ4v) is 3.17. The molecule has 1 N–H and O–H groups in total. The zero-order valence-corrected chi connectivity index (χ0v) is 13.6. The minimum Gasteiger partial charge on any atom is -0.497 e. The van der Waals surface area contributed by atoms with Gasteiger partial charge >= 0.3 is 6.09 Å². The van der Waals surface area contributed by atoms with E-state index in [1.807, 2.05) is 28.9 Å². The Labute approximate surface area is 135 Å². The third kappa shape index (κ3) is 2.69. The fraction of sp³-hybridized carbons (Fsp3) is 0.286. The summed E-state index contributed by atoms with van der Waals surface area (Å²) in [6.45, 7) is 1.45. The molecule has 1 aromatic heterocycles. The average molecular weight is 399 g/mol. The number of halogens is 1. The topological polar surface area (TPSA) is 67.6 Å². The first-order valence-electron chi connectivity index (χ1n) is 6.43. The predicted octanol–water partition coefficient (Wildman–Crippen LogP) is 2.54. The molecule has 110 valence electrons. The molecule has 6 nitrogen and oxygen atoms in total. The van der Waals surface area contributed by atoms with Gasteiger partial charge in [0.15, 0.2) is 0 Å². The Kier molecular flexibility index (Phi) is 3.75. The largest absolute Gasteiger partial charge is 0.497 e. The van der Waals surface area contributed by atoms with Gasteiger partial charge in [-0.25, -0.2) is 4.79 Å². The van der Waals surface area contributed by atoms with Gasteiger partial charge in [0.25, 0.3) is 0 Å². The second-order valence-corrected chi connectivity index (χ2v) is 5.88. The van der Waals surface area contributed by atoms with Gasteiger partial charge in [0.1, 0.15) is 9.45 Å². The molecule has 1 aliphatic heterocycles. The minimum atomic E-state index is -0.891. The van der Waals surface area contributed by atoms with E-state index in [0.717, 1.165) is 26.3 Å². The molecule has 3 rings (SSSR count). The van der Waals surface area contributed by atoms with Crippen LogP contribution < -0.4 is 4.74 Å². The van der Waals surface area contributed by atoms with Crippen LogP contribution in [0.5, 0.6) is 5.75 Å². The van der Waals surface area contributed by atoms with E-state index in [4.69, 9.17) is 9.84 Å². The number of carbonyl (C=O) groups is 1. The molecule has 0 aliphatic carbocycles. The maximum absolute atomic E-state index is 11.1. The summed E-state index contributed by atoms with van der Waals surface area (Å²) in [5, 5.41) is 13.6. The number of fused-ring (bicyclic) bond motifs is 1. The van der Waals surface area contributed by atoms with E-state index in [2.05, 4.69) is 27.7 Å². The lowest BCUT2D eigenvalue weighted by molar-refractivity contribution is 0.144. The van der Waals surface area contributed by atoms with E-state index >= 15 is 0 Å². The summed E-state index contributed by atoms with van der Waals surface area (Å²) < 4.78 is 7.91. The monoisotopic (exact) mass is 399 g/mol. The molecule has 0 radical (unpaired) electrons. The van der Waals surface area contributed by atoms with E-state index in [9.17, 15) is 4.79 Å². The average Bonchev–Trinajstić information content (AvgIpc) is 3.02. The third-order valence-corrected chi connectivity index (χ3v) is 4.44. The van der Waals surface area contributed by atoms with Crippen molar-refractivity contribution in [3.63, 3.8) is 0 Å². The number of carboxylic acid groups (broad SMARTS) is 1. The first kappa shape index (κ1) is 14.2. The lowest BCUT2D eigenvalue weighted by atomic mass is 10.2. The Bertz CT molecular complexity index is 682. The van der Waals surface area contributed by atoms with Crippen LogP contribution in [0.15, 0.2) is 24.3 Å². The zero-order chi connectivity index (χ0) is 15.0. The Balaban J connectivity index is 1.84. The Morgan fingerprint density at radius 3 is 2.71 bits per heavy atom. The van der Waals surface area contributed by atoms with Gasteiger partial charge in [-0.1, -0.05) is 12.1 Å². The van der Waals surface area contributed by atoms with E-state index in [-0.39, 0.29) is 0 Å². The molecule has 2 heterocycles. The highest BCUT2D eigenvalue weighted by molar-refractivity contribution is 14.1. The van der Waals surface area contributed by atoms with Gasteiger partial charge in [0, 0.05) is 5.56 Å². The molecule has 0 fully saturated rings. The molecule has 21 heavy (non-hydrogen) atoms. The fourth-order valence-electron chi connectivity index (χ4n) is 2.43. The number of aromatic nitrogens is 2. The van der Waals surface area contributed by atoms with Crippen molar-refractivity contribution >= 4 is 28.7 Å². The van der Waals surface area contributed by atoms with Crippen molar-refractivity contribution < 1.29 is 14.6 Å². The standard InChI is InChI=1S/C14H14IN3O3/c1-21-10-4-2-9(3-5-10)6-18-12-8-17(14(19)20)7-11(12)13(15)16-18/h2-5H,6-8H2,1H3,(H,19,20). The molecule has 0 unspecified atom stereocenters. The molecular formula is C14H14IN3O3. The zero-order valence-electron chi connectivity index (χ0n) is 11.4. The second kappa shape index (κ2) is 5.55. The van der Waals surface area contributed by atoms with Crippen molar-refractivity contribution in [1.82, 2.24) is 14.7 Å². The second-order valence-electron chi connectivity index (χ2n) is 4.86. The van der Waals surface area contributed by atoms with Crippen molar-refractivity contribution in [2.24, 2.45) is 0 Å². The van der Waals surface area contributed by atoms with Gasteiger partial charge in [0.2, 0.25) is 0 Å². The highest BCUT2D eigenvalue weighted by atomic mass is 127. The molecule has 0 atom stereocenters. The van der Waals surface area contributed by atoms with Crippen LogP contribution in [-0.4, -0.2) is 33.0 Å². The number of benzene rings is 1. The molecule has 1 amide bonds. The number of nitrogens with zero attached hydrogens (tertiary/aromatic N) is 3. The normalized spacial score (nSPS) is 13.3. The molecule has 2 aromatic rings. The van der Waals surface area contributed by atoms with E-state index in [1.165, 1.54) is 4.90 Å². The first-order chi connectivity index (χ1) is 10.1.